The molecule has 0 bridgehead atoms. The minimum absolute atomic E-state index is 0.374. The number of fused-ring (bicyclic) bond motifs is 3. The van der Waals surface area contributed by atoms with E-state index in [9.17, 15) is 10.1 Å². The van der Waals surface area contributed by atoms with E-state index in [-0.39, 0.29) is 6.03 Å². The Morgan fingerprint density at radius 2 is 2.04 bits per heavy atom. The van der Waals surface area contributed by atoms with Gasteiger partial charge in [0.25, 0.3) is 0 Å². The van der Waals surface area contributed by atoms with E-state index in [0.717, 1.165) is 35.4 Å². The van der Waals surface area contributed by atoms with Crippen molar-refractivity contribution in [2.75, 3.05) is 31.1 Å². The number of aromatic nitrogens is 2. The van der Waals surface area contributed by atoms with Crippen molar-refractivity contribution < 1.29 is 4.79 Å². The third kappa shape index (κ3) is 2.51. The van der Waals surface area contributed by atoms with E-state index in [4.69, 9.17) is 10.7 Å². The number of hydrogen-bond acceptors (Lipinski definition) is 4. The number of pyridine rings is 1. The molecule has 0 unspecified atom stereocenters. The zero-order chi connectivity index (χ0) is 18.3. The summed E-state index contributed by atoms with van der Waals surface area (Å²) in [4.78, 5) is 20.1. The summed E-state index contributed by atoms with van der Waals surface area (Å²) in [6.45, 7) is 4.69. The minimum atomic E-state index is -0.374. The van der Waals surface area contributed by atoms with Gasteiger partial charge in [-0.2, -0.15) is 5.26 Å². The van der Waals surface area contributed by atoms with Crippen molar-refractivity contribution >= 4 is 28.5 Å². The monoisotopic (exact) mass is 348 g/mol. The van der Waals surface area contributed by atoms with E-state index in [1.807, 2.05) is 37.3 Å². The molecule has 26 heavy (non-hydrogen) atoms. The average molecular weight is 348 g/mol. The number of urea groups is 1. The molecule has 2 aromatic heterocycles. The predicted octanol–water partition coefficient (Wildman–Crippen LogP) is 2.26. The molecular formula is C19H20N6O. The van der Waals surface area contributed by atoms with Crippen LogP contribution in [0.25, 0.3) is 16.7 Å². The Labute approximate surface area is 151 Å². The van der Waals surface area contributed by atoms with Crippen LogP contribution in [-0.2, 0) is 0 Å². The highest BCUT2D eigenvalue weighted by Gasteiger charge is 2.22. The van der Waals surface area contributed by atoms with Crippen molar-refractivity contribution in [3.05, 3.63) is 41.5 Å². The van der Waals surface area contributed by atoms with Crippen LogP contribution in [0.3, 0.4) is 0 Å². The Morgan fingerprint density at radius 3 is 2.81 bits per heavy atom. The predicted molar refractivity (Wildman–Crippen MR) is 100 cm³/mol. The van der Waals surface area contributed by atoms with Gasteiger partial charge in [-0.1, -0.05) is 12.1 Å². The van der Waals surface area contributed by atoms with Gasteiger partial charge in [0.2, 0.25) is 0 Å². The maximum atomic E-state index is 11.5. The zero-order valence-electron chi connectivity index (χ0n) is 14.6. The second kappa shape index (κ2) is 6.23. The van der Waals surface area contributed by atoms with Crippen molar-refractivity contribution in [2.24, 2.45) is 5.73 Å². The van der Waals surface area contributed by atoms with Gasteiger partial charge in [0.15, 0.2) is 5.65 Å². The van der Waals surface area contributed by atoms with Crippen LogP contribution in [0.2, 0.25) is 0 Å². The number of imidazole rings is 1. The number of rotatable bonds is 1. The van der Waals surface area contributed by atoms with Crippen LogP contribution in [0, 0.1) is 18.3 Å². The molecule has 1 aromatic carbocycles. The number of carbonyl (C=O) groups is 1. The van der Waals surface area contributed by atoms with Gasteiger partial charge in [0, 0.05) is 26.2 Å². The molecular weight excluding hydrogens is 328 g/mol. The summed E-state index contributed by atoms with van der Waals surface area (Å²) in [5, 5.41) is 9.61. The molecule has 0 saturated carbocycles. The lowest BCUT2D eigenvalue weighted by atomic mass is 10.1. The molecule has 1 aliphatic heterocycles. The first-order chi connectivity index (χ1) is 12.6. The summed E-state index contributed by atoms with van der Waals surface area (Å²) in [5.74, 6) is 0.997. The zero-order valence-corrected chi connectivity index (χ0v) is 14.6. The van der Waals surface area contributed by atoms with Crippen LogP contribution >= 0.6 is 0 Å². The average Bonchev–Trinajstić information content (AvgIpc) is 2.83. The molecule has 132 valence electrons. The van der Waals surface area contributed by atoms with Crippen LogP contribution in [0.4, 0.5) is 10.6 Å². The van der Waals surface area contributed by atoms with Crippen LogP contribution in [0.1, 0.15) is 17.5 Å². The number of carbonyl (C=O) groups excluding carboxylic acids is 1. The summed E-state index contributed by atoms with van der Waals surface area (Å²) in [6, 6.07) is 11.9. The maximum Gasteiger partial charge on any atom is 0.314 e. The highest BCUT2D eigenvalue weighted by atomic mass is 16.2. The Bertz CT molecular complexity index is 1050. The number of primary amides is 1. The number of nitriles is 1. The lowest BCUT2D eigenvalue weighted by Gasteiger charge is -2.25. The van der Waals surface area contributed by atoms with Gasteiger partial charge in [-0.05, 0) is 37.1 Å². The van der Waals surface area contributed by atoms with Crippen LogP contribution in [0.15, 0.2) is 30.3 Å². The third-order valence-corrected chi connectivity index (χ3v) is 5.00. The topological polar surface area (TPSA) is 90.7 Å². The van der Waals surface area contributed by atoms with E-state index in [1.165, 1.54) is 0 Å². The second-order valence-electron chi connectivity index (χ2n) is 6.60. The fraction of sp³-hybridized carbons (Fsp3) is 0.316. The quantitative estimate of drug-likeness (QED) is 0.730. The van der Waals surface area contributed by atoms with Gasteiger partial charge in [-0.15, -0.1) is 0 Å². The molecule has 7 nitrogen and oxygen atoms in total. The van der Waals surface area contributed by atoms with Gasteiger partial charge in [0.05, 0.1) is 16.6 Å². The molecule has 0 radical (unpaired) electrons. The Hall–Kier alpha value is -3.27. The number of amides is 2. The molecule has 1 aliphatic rings. The molecule has 3 aromatic rings. The number of aryl methyl sites for hydroxylation is 1. The fourth-order valence-electron chi connectivity index (χ4n) is 3.67. The molecule has 0 aliphatic carbocycles. The number of nitrogens with two attached hydrogens (primary N) is 1. The Kier molecular flexibility index (Phi) is 3.88. The molecule has 0 spiro atoms. The first-order valence-electron chi connectivity index (χ1n) is 8.70. The smallest absolute Gasteiger partial charge is 0.314 e. The number of anilines is 1. The molecule has 3 heterocycles. The van der Waals surface area contributed by atoms with Crippen molar-refractivity contribution in [3.8, 4) is 6.07 Å². The summed E-state index contributed by atoms with van der Waals surface area (Å²) in [6.07, 6.45) is 0.843. The lowest BCUT2D eigenvalue weighted by Crippen LogP contribution is -2.38. The molecule has 0 atom stereocenters. The Morgan fingerprint density at radius 1 is 1.23 bits per heavy atom. The number of nitrogens with zero attached hydrogens (tertiary/aromatic N) is 5. The molecule has 1 fully saturated rings. The van der Waals surface area contributed by atoms with Gasteiger partial charge in [0.1, 0.15) is 11.9 Å². The second-order valence-corrected chi connectivity index (χ2v) is 6.60. The van der Waals surface area contributed by atoms with Crippen molar-refractivity contribution in [1.29, 1.82) is 5.26 Å². The molecule has 4 rings (SSSR count). The van der Waals surface area contributed by atoms with Crippen LogP contribution < -0.4 is 10.6 Å². The third-order valence-electron chi connectivity index (χ3n) is 5.00. The lowest BCUT2D eigenvalue weighted by molar-refractivity contribution is 0.211. The van der Waals surface area contributed by atoms with Crippen LogP contribution in [0.5, 0.6) is 0 Å². The van der Waals surface area contributed by atoms with Gasteiger partial charge in [-0.3, -0.25) is 4.40 Å². The summed E-state index contributed by atoms with van der Waals surface area (Å²) in [7, 11) is 0. The highest BCUT2D eigenvalue weighted by molar-refractivity contribution is 5.85. The van der Waals surface area contributed by atoms with E-state index >= 15 is 0 Å². The molecule has 2 N–H and O–H groups in total. The standard InChI is InChI=1S/C19H20N6O/c1-13-11-17(23-7-4-8-24(10-9-23)19(21)26)25-16-6-3-2-5-15(16)22-18(25)14(13)12-20/h2-3,5-6,11H,4,7-10H2,1H3,(H2,21,26). The van der Waals surface area contributed by atoms with Crippen molar-refractivity contribution in [3.63, 3.8) is 0 Å². The highest BCUT2D eigenvalue weighted by Crippen LogP contribution is 2.29. The molecule has 7 heteroatoms. The number of para-hydroxylation sites is 2. The first-order valence-corrected chi connectivity index (χ1v) is 8.70. The molecule has 2 amide bonds. The Balaban J connectivity index is 1.90. The van der Waals surface area contributed by atoms with Crippen molar-refractivity contribution in [1.82, 2.24) is 14.3 Å². The number of benzene rings is 1. The number of hydrogen-bond donors (Lipinski definition) is 1. The normalized spacial score (nSPS) is 15.2. The van der Waals surface area contributed by atoms with Gasteiger partial charge < -0.3 is 15.5 Å². The largest absolute Gasteiger partial charge is 0.356 e. The van der Waals surface area contributed by atoms with E-state index in [2.05, 4.69) is 15.4 Å². The van der Waals surface area contributed by atoms with E-state index in [1.54, 1.807) is 4.90 Å². The first kappa shape index (κ1) is 16.2. The maximum absolute atomic E-state index is 11.5. The SMILES string of the molecule is Cc1cc(N2CCCN(C(N)=O)CC2)n2c(nc3ccccc32)c1C#N. The van der Waals surface area contributed by atoms with Crippen LogP contribution in [-0.4, -0.2) is 46.5 Å². The fourth-order valence-corrected chi connectivity index (χ4v) is 3.67. The van der Waals surface area contributed by atoms with Gasteiger partial charge in [-0.25, -0.2) is 9.78 Å². The minimum Gasteiger partial charge on any atom is -0.356 e. The van der Waals surface area contributed by atoms with Crippen molar-refractivity contribution in [2.45, 2.75) is 13.3 Å². The molecule has 1 saturated heterocycles. The summed E-state index contributed by atoms with van der Waals surface area (Å²) < 4.78 is 2.06. The summed E-state index contributed by atoms with van der Waals surface area (Å²) >= 11 is 0. The van der Waals surface area contributed by atoms with E-state index in [0.29, 0.717) is 30.8 Å². The van der Waals surface area contributed by atoms with Gasteiger partial charge >= 0.3 is 6.03 Å². The summed E-state index contributed by atoms with van der Waals surface area (Å²) in [5.41, 5.74) is 9.47. The van der Waals surface area contributed by atoms with E-state index < -0.39 is 0 Å².